The van der Waals surface area contributed by atoms with Crippen LogP contribution in [0.2, 0.25) is 0 Å². The molecule has 0 bridgehead atoms. The highest BCUT2D eigenvalue weighted by Crippen LogP contribution is 2.42. The number of anilines is 1. The number of amides is 1. The summed E-state index contributed by atoms with van der Waals surface area (Å²) >= 11 is 1.51. The molecule has 3 aromatic rings. The maximum atomic E-state index is 13.7. The highest BCUT2D eigenvalue weighted by molar-refractivity contribution is 7.98. The van der Waals surface area contributed by atoms with Crippen LogP contribution in [-0.2, 0) is 27.2 Å². The van der Waals surface area contributed by atoms with Gasteiger partial charge in [0.25, 0.3) is 5.91 Å². The molecule has 0 aliphatic heterocycles. The summed E-state index contributed by atoms with van der Waals surface area (Å²) in [6, 6.07) is 12.2. The zero-order valence-electron chi connectivity index (χ0n) is 19.5. The lowest BCUT2D eigenvalue weighted by atomic mass is 9.72. The van der Waals surface area contributed by atoms with Crippen LogP contribution in [0.4, 0.5) is 5.69 Å². The van der Waals surface area contributed by atoms with Crippen LogP contribution >= 0.6 is 11.8 Å². The summed E-state index contributed by atoms with van der Waals surface area (Å²) in [7, 11) is 0. The van der Waals surface area contributed by atoms with Crippen LogP contribution in [0, 0.1) is 5.41 Å². The van der Waals surface area contributed by atoms with Crippen molar-refractivity contribution in [3.63, 3.8) is 0 Å². The van der Waals surface area contributed by atoms with E-state index in [9.17, 15) is 29.4 Å². The van der Waals surface area contributed by atoms with Crippen LogP contribution in [0.5, 0.6) is 0 Å². The standard InChI is InChI=1S/C26H26N2O6S/c1-3-4-22(29)27-16-7-5-15(6-8-16)23(30)28-20-10-9-17(35-2)13-18(20)19-14-26(24(31)32,25(33)34)12-11-21(19)28/h5-10,13H,3-4,11-12,14H2,1-2H3,(H,27,29)(H,31,32)(H,33,34). The summed E-state index contributed by atoms with van der Waals surface area (Å²) in [5, 5.41) is 23.1. The van der Waals surface area contributed by atoms with E-state index in [0.717, 1.165) is 11.3 Å². The number of carbonyl (C=O) groups is 4. The highest BCUT2D eigenvalue weighted by atomic mass is 32.2. The van der Waals surface area contributed by atoms with Crippen molar-refractivity contribution in [3.05, 3.63) is 59.3 Å². The second-order valence-corrected chi connectivity index (χ2v) is 9.57. The number of thioether (sulfide) groups is 1. The van der Waals surface area contributed by atoms with Crippen molar-refractivity contribution in [2.75, 3.05) is 11.6 Å². The molecule has 3 N–H and O–H groups in total. The fraction of sp³-hybridized carbons (Fsp3) is 0.308. The Hall–Kier alpha value is -3.59. The van der Waals surface area contributed by atoms with Gasteiger partial charge in [-0.2, -0.15) is 0 Å². The monoisotopic (exact) mass is 494 g/mol. The molecule has 35 heavy (non-hydrogen) atoms. The highest BCUT2D eigenvalue weighted by Gasteiger charge is 2.50. The Kier molecular flexibility index (Phi) is 6.71. The summed E-state index contributed by atoms with van der Waals surface area (Å²) in [4.78, 5) is 50.5. The molecular weight excluding hydrogens is 468 g/mol. The van der Waals surface area contributed by atoms with E-state index in [1.807, 2.05) is 31.4 Å². The number of carboxylic acid groups (broad SMARTS) is 2. The molecule has 8 nitrogen and oxygen atoms in total. The molecular formula is C26H26N2O6S. The summed E-state index contributed by atoms with van der Waals surface area (Å²) in [5.41, 5.74) is 0.912. The summed E-state index contributed by atoms with van der Waals surface area (Å²) in [5.74, 6) is -3.13. The second-order valence-electron chi connectivity index (χ2n) is 8.69. The lowest BCUT2D eigenvalue weighted by Gasteiger charge is -2.29. The van der Waals surface area contributed by atoms with Gasteiger partial charge in [0.05, 0.1) is 5.52 Å². The molecule has 1 aliphatic rings. The van der Waals surface area contributed by atoms with E-state index in [2.05, 4.69) is 5.32 Å². The molecule has 1 amide bonds. The minimum atomic E-state index is -1.93. The van der Waals surface area contributed by atoms with Gasteiger partial charge >= 0.3 is 11.9 Å². The first-order chi connectivity index (χ1) is 16.7. The van der Waals surface area contributed by atoms with Crippen LogP contribution < -0.4 is 5.32 Å². The molecule has 0 saturated heterocycles. The van der Waals surface area contributed by atoms with Crippen LogP contribution in [0.3, 0.4) is 0 Å². The quantitative estimate of drug-likeness (QED) is 0.328. The molecule has 0 atom stereocenters. The Balaban J connectivity index is 1.79. The van der Waals surface area contributed by atoms with Crippen LogP contribution in [0.1, 0.15) is 47.8 Å². The minimum absolute atomic E-state index is 0.0954. The molecule has 182 valence electrons. The van der Waals surface area contributed by atoms with Gasteiger partial charge in [0, 0.05) is 40.1 Å². The van der Waals surface area contributed by atoms with Crippen LogP contribution in [-0.4, -0.2) is 44.8 Å². The molecule has 0 fully saturated rings. The fourth-order valence-electron chi connectivity index (χ4n) is 4.66. The molecule has 1 aliphatic carbocycles. The third-order valence-corrected chi connectivity index (χ3v) is 7.30. The maximum Gasteiger partial charge on any atom is 0.321 e. The van der Waals surface area contributed by atoms with E-state index in [4.69, 9.17) is 0 Å². The van der Waals surface area contributed by atoms with Gasteiger partial charge in [0.15, 0.2) is 5.41 Å². The van der Waals surface area contributed by atoms with E-state index in [-0.39, 0.29) is 31.1 Å². The molecule has 0 saturated carbocycles. The predicted octanol–water partition coefficient (Wildman–Crippen LogP) is 4.43. The number of fused-ring (bicyclic) bond motifs is 3. The Morgan fingerprint density at radius 3 is 2.34 bits per heavy atom. The Labute approximate surface area is 206 Å². The number of benzene rings is 2. The third kappa shape index (κ3) is 4.32. The van der Waals surface area contributed by atoms with Crippen molar-refractivity contribution in [1.29, 1.82) is 0 Å². The first kappa shape index (κ1) is 24.5. The molecule has 9 heteroatoms. The number of carboxylic acids is 2. The average molecular weight is 495 g/mol. The number of hydrogen-bond donors (Lipinski definition) is 3. The molecule has 0 spiro atoms. The van der Waals surface area contributed by atoms with Crippen molar-refractivity contribution in [2.45, 2.75) is 43.9 Å². The number of carbonyl (C=O) groups excluding carboxylic acids is 2. The lowest BCUT2D eigenvalue weighted by molar-refractivity contribution is -0.165. The van der Waals surface area contributed by atoms with Gasteiger partial charge in [-0.25, -0.2) is 0 Å². The molecule has 0 unspecified atom stereocenters. The molecule has 2 aromatic carbocycles. The Morgan fingerprint density at radius 2 is 1.74 bits per heavy atom. The average Bonchev–Trinajstić information content (AvgIpc) is 3.16. The molecule has 0 radical (unpaired) electrons. The van der Waals surface area contributed by atoms with E-state index in [1.54, 1.807) is 28.8 Å². The van der Waals surface area contributed by atoms with Gasteiger partial charge in [-0.15, -0.1) is 11.8 Å². The largest absolute Gasteiger partial charge is 0.480 e. The lowest BCUT2D eigenvalue weighted by Crippen LogP contribution is -2.44. The van der Waals surface area contributed by atoms with Crippen LogP contribution in [0.25, 0.3) is 10.9 Å². The van der Waals surface area contributed by atoms with E-state index >= 15 is 0 Å². The van der Waals surface area contributed by atoms with Gasteiger partial charge in [-0.3, -0.25) is 23.7 Å². The van der Waals surface area contributed by atoms with Gasteiger partial charge in [-0.1, -0.05) is 6.92 Å². The first-order valence-corrected chi connectivity index (χ1v) is 12.6. The minimum Gasteiger partial charge on any atom is -0.480 e. The number of hydrogen-bond acceptors (Lipinski definition) is 5. The van der Waals surface area contributed by atoms with Crippen molar-refractivity contribution >= 4 is 52.1 Å². The normalized spacial score (nSPS) is 14.3. The van der Waals surface area contributed by atoms with Crippen LogP contribution in [0.15, 0.2) is 47.4 Å². The Morgan fingerprint density at radius 1 is 1.06 bits per heavy atom. The topological polar surface area (TPSA) is 126 Å². The van der Waals surface area contributed by atoms with Gasteiger partial charge in [0.1, 0.15) is 0 Å². The zero-order valence-corrected chi connectivity index (χ0v) is 20.3. The van der Waals surface area contributed by atoms with E-state index in [1.165, 1.54) is 11.8 Å². The Bertz CT molecular complexity index is 1330. The van der Waals surface area contributed by atoms with Crippen molar-refractivity contribution in [3.8, 4) is 0 Å². The van der Waals surface area contributed by atoms with Crippen molar-refractivity contribution in [2.24, 2.45) is 5.41 Å². The number of rotatable bonds is 7. The third-order valence-electron chi connectivity index (χ3n) is 6.57. The number of nitrogens with one attached hydrogen (secondary N) is 1. The van der Waals surface area contributed by atoms with Crippen molar-refractivity contribution < 1.29 is 29.4 Å². The van der Waals surface area contributed by atoms with Gasteiger partial charge < -0.3 is 15.5 Å². The van der Waals surface area contributed by atoms with Gasteiger partial charge in [0.2, 0.25) is 5.91 Å². The second kappa shape index (κ2) is 9.58. The van der Waals surface area contributed by atoms with Gasteiger partial charge in [-0.05, 0) is 73.5 Å². The number of nitrogens with zero attached hydrogens (tertiary/aromatic N) is 1. The number of aromatic nitrogens is 1. The molecule has 1 aromatic heterocycles. The maximum absolute atomic E-state index is 13.7. The molecule has 1 heterocycles. The SMILES string of the molecule is CCCC(=O)Nc1ccc(C(=O)n2c3c(c4cc(SC)ccc42)CC(C(=O)O)(C(=O)O)CC3)cc1. The predicted molar refractivity (Wildman–Crippen MR) is 133 cm³/mol. The first-order valence-electron chi connectivity index (χ1n) is 11.3. The summed E-state index contributed by atoms with van der Waals surface area (Å²) in [6.45, 7) is 1.92. The zero-order chi connectivity index (χ0) is 25.3. The number of aliphatic carboxylic acids is 2. The van der Waals surface area contributed by atoms with Crippen molar-refractivity contribution in [1.82, 2.24) is 4.57 Å². The van der Waals surface area contributed by atoms with E-state index in [0.29, 0.717) is 39.8 Å². The summed E-state index contributed by atoms with van der Waals surface area (Å²) < 4.78 is 1.58. The molecule has 4 rings (SSSR count). The fourth-order valence-corrected chi connectivity index (χ4v) is 5.10. The van der Waals surface area contributed by atoms with E-state index < -0.39 is 17.4 Å². The smallest absolute Gasteiger partial charge is 0.321 e. The summed E-state index contributed by atoms with van der Waals surface area (Å²) in [6.07, 6.45) is 2.91.